The summed E-state index contributed by atoms with van der Waals surface area (Å²) in [6, 6.07) is 20.2. The minimum Gasteiger partial charge on any atom is -0.404 e. The van der Waals surface area contributed by atoms with Crippen molar-refractivity contribution in [2.75, 3.05) is 17.3 Å². The van der Waals surface area contributed by atoms with Gasteiger partial charge in [-0.3, -0.25) is 4.99 Å². The van der Waals surface area contributed by atoms with Gasteiger partial charge in [0.15, 0.2) is 5.75 Å². The van der Waals surface area contributed by atoms with Gasteiger partial charge in [-0.25, -0.2) is 0 Å². The summed E-state index contributed by atoms with van der Waals surface area (Å²) in [5.41, 5.74) is 8.44. The minimum atomic E-state index is -4.78. The second kappa shape index (κ2) is 6.92. The Labute approximate surface area is 159 Å². The normalized spacial score (nSPS) is 13.3. The highest BCUT2D eigenvalue weighted by Gasteiger charge is 2.32. The number of fused-ring (bicyclic) bond motifs is 1. The molecule has 3 aromatic carbocycles. The molecule has 0 aromatic heterocycles. The number of benzene rings is 3. The Bertz CT molecular complexity index is 1130. The Morgan fingerprint density at radius 2 is 1.71 bits per heavy atom. The van der Waals surface area contributed by atoms with Crippen molar-refractivity contribution in [3.63, 3.8) is 0 Å². The smallest absolute Gasteiger partial charge is 0.404 e. The fourth-order valence-corrected chi connectivity index (χ4v) is 3.05. The summed E-state index contributed by atoms with van der Waals surface area (Å²) in [5, 5.41) is 1.78. The van der Waals surface area contributed by atoms with E-state index in [1.807, 2.05) is 59.6 Å². The molecule has 0 unspecified atom stereocenters. The minimum absolute atomic E-state index is 0.0894. The maximum atomic E-state index is 12.4. The fourth-order valence-electron chi connectivity index (χ4n) is 3.05. The molecular formula is C21H16F3N3O. The maximum Gasteiger partial charge on any atom is 0.573 e. The molecule has 7 heteroatoms. The molecule has 3 aromatic rings. The molecule has 0 fully saturated rings. The van der Waals surface area contributed by atoms with Crippen molar-refractivity contribution in [2.45, 2.75) is 6.36 Å². The van der Waals surface area contributed by atoms with Gasteiger partial charge in [-0.05, 0) is 35.4 Å². The lowest BCUT2D eigenvalue weighted by Crippen LogP contribution is -2.35. The Hall–Kier alpha value is -3.48. The summed E-state index contributed by atoms with van der Waals surface area (Å²) in [6.45, 7) is 0.337. The molecular weight excluding hydrogens is 367 g/mol. The first-order valence-electron chi connectivity index (χ1n) is 8.53. The lowest BCUT2D eigenvalue weighted by Gasteiger charge is -2.22. The average molecular weight is 383 g/mol. The number of alkyl halides is 3. The van der Waals surface area contributed by atoms with Crippen LogP contribution in [0.25, 0.3) is 17.3 Å². The Morgan fingerprint density at radius 1 is 0.929 bits per heavy atom. The van der Waals surface area contributed by atoms with Crippen molar-refractivity contribution in [1.29, 1.82) is 0 Å². The zero-order valence-corrected chi connectivity index (χ0v) is 14.6. The summed E-state index contributed by atoms with van der Waals surface area (Å²) in [4.78, 5) is 6.41. The first kappa shape index (κ1) is 17.9. The number of hydrogen-bond acceptors (Lipinski definition) is 4. The standard InChI is InChI=1S/C21H16F3N3O/c22-21(23,24)28-20-9-8-17(11-18(20)25)27-12-16-7-6-15(10-19(16)26-13-27)14-4-2-1-3-5-14/h1-12H,13,25H2. The highest BCUT2D eigenvalue weighted by molar-refractivity contribution is 5.69. The molecule has 1 aliphatic heterocycles. The van der Waals surface area contributed by atoms with Crippen LogP contribution in [0.1, 0.15) is 0 Å². The summed E-state index contributed by atoms with van der Waals surface area (Å²) < 4.78 is 41.1. The molecule has 0 saturated carbocycles. The van der Waals surface area contributed by atoms with Crippen molar-refractivity contribution >= 4 is 17.6 Å². The van der Waals surface area contributed by atoms with Gasteiger partial charge in [0.1, 0.15) is 6.67 Å². The number of nitrogen functional groups attached to an aromatic ring is 1. The molecule has 0 amide bonds. The van der Waals surface area contributed by atoms with E-state index in [0.29, 0.717) is 12.4 Å². The van der Waals surface area contributed by atoms with Gasteiger partial charge in [0.2, 0.25) is 0 Å². The van der Waals surface area contributed by atoms with Crippen LogP contribution >= 0.6 is 0 Å². The van der Waals surface area contributed by atoms with Gasteiger partial charge in [0.05, 0.1) is 11.0 Å². The van der Waals surface area contributed by atoms with E-state index in [9.17, 15) is 13.2 Å². The Kier molecular flexibility index (Phi) is 4.43. The van der Waals surface area contributed by atoms with E-state index in [1.165, 1.54) is 18.2 Å². The highest BCUT2D eigenvalue weighted by Crippen LogP contribution is 2.32. The molecule has 1 heterocycles. The van der Waals surface area contributed by atoms with Gasteiger partial charge >= 0.3 is 6.36 Å². The second-order valence-electron chi connectivity index (χ2n) is 6.31. The number of halogens is 3. The topological polar surface area (TPSA) is 50.8 Å². The first-order chi connectivity index (χ1) is 13.4. The first-order valence-corrected chi connectivity index (χ1v) is 8.53. The van der Waals surface area contributed by atoms with Crippen molar-refractivity contribution < 1.29 is 17.9 Å². The predicted octanol–water partition coefficient (Wildman–Crippen LogP) is 3.67. The van der Waals surface area contributed by atoms with Crippen LogP contribution in [0.15, 0.2) is 71.7 Å². The van der Waals surface area contributed by atoms with Gasteiger partial charge in [-0.2, -0.15) is 0 Å². The van der Waals surface area contributed by atoms with E-state index in [0.717, 1.165) is 21.7 Å². The van der Waals surface area contributed by atoms with Crippen molar-refractivity contribution in [2.24, 2.45) is 4.99 Å². The van der Waals surface area contributed by atoms with Gasteiger partial charge in [0, 0.05) is 17.1 Å². The van der Waals surface area contributed by atoms with Gasteiger partial charge in [-0.1, -0.05) is 42.5 Å². The van der Waals surface area contributed by atoms with E-state index in [-0.39, 0.29) is 5.69 Å². The average Bonchev–Trinajstić information content (AvgIpc) is 2.68. The molecule has 4 nitrogen and oxygen atoms in total. The molecule has 2 N–H and O–H groups in total. The molecule has 0 saturated heterocycles. The van der Waals surface area contributed by atoms with Crippen LogP contribution in [0, 0.1) is 0 Å². The number of rotatable bonds is 3. The van der Waals surface area contributed by atoms with Crippen molar-refractivity contribution in [1.82, 2.24) is 0 Å². The zero-order chi connectivity index (χ0) is 19.7. The van der Waals surface area contributed by atoms with E-state index in [4.69, 9.17) is 5.73 Å². The largest absolute Gasteiger partial charge is 0.573 e. The third kappa shape index (κ3) is 3.78. The summed E-state index contributed by atoms with van der Waals surface area (Å²) in [6.07, 6.45) is -2.88. The molecule has 0 atom stereocenters. The quantitative estimate of drug-likeness (QED) is 0.702. The van der Waals surface area contributed by atoms with Crippen LogP contribution in [0.3, 0.4) is 0 Å². The summed E-state index contributed by atoms with van der Waals surface area (Å²) in [7, 11) is 0. The second-order valence-corrected chi connectivity index (χ2v) is 6.31. The van der Waals surface area contributed by atoms with Crippen molar-refractivity contribution in [3.8, 4) is 16.9 Å². The number of ether oxygens (including phenoxy) is 1. The lowest BCUT2D eigenvalue weighted by atomic mass is 10.0. The van der Waals surface area contributed by atoms with Crippen LogP contribution < -0.4 is 25.9 Å². The highest BCUT2D eigenvalue weighted by atomic mass is 19.4. The fraction of sp³-hybridized carbons (Fsp3) is 0.0952. The van der Waals surface area contributed by atoms with Crippen LogP contribution in [0.5, 0.6) is 5.75 Å². The van der Waals surface area contributed by atoms with E-state index in [1.54, 1.807) is 0 Å². The monoisotopic (exact) mass is 383 g/mol. The van der Waals surface area contributed by atoms with Crippen LogP contribution in [-0.2, 0) is 0 Å². The van der Waals surface area contributed by atoms with E-state index in [2.05, 4.69) is 9.73 Å². The van der Waals surface area contributed by atoms with Crippen molar-refractivity contribution in [3.05, 3.63) is 77.3 Å². The molecule has 1 aliphatic rings. The van der Waals surface area contributed by atoms with Gasteiger partial charge < -0.3 is 15.4 Å². The van der Waals surface area contributed by atoms with Gasteiger partial charge in [-0.15, -0.1) is 13.2 Å². The van der Waals surface area contributed by atoms with E-state index >= 15 is 0 Å². The summed E-state index contributed by atoms with van der Waals surface area (Å²) in [5.74, 6) is -0.418. The number of nitrogens with zero attached hydrogens (tertiary/aromatic N) is 2. The maximum absolute atomic E-state index is 12.4. The number of hydrogen-bond donors (Lipinski definition) is 1. The molecule has 28 heavy (non-hydrogen) atoms. The molecule has 0 aliphatic carbocycles. The zero-order valence-electron chi connectivity index (χ0n) is 14.6. The molecule has 0 radical (unpaired) electrons. The Morgan fingerprint density at radius 3 is 2.43 bits per heavy atom. The van der Waals surface area contributed by atoms with Crippen LogP contribution in [0.4, 0.5) is 24.5 Å². The number of nitrogens with two attached hydrogens (primary N) is 1. The summed E-state index contributed by atoms with van der Waals surface area (Å²) >= 11 is 0. The SMILES string of the molecule is Nc1cc(N2C=c3ccc(-c4ccccc4)cc3=NC2)ccc1OC(F)(F)F. The van der Waals surface area contributed by atoms with Crippen LogP contribution in [0.2, 0.25) is 0 Å². The third-order valence-corrected chi connectivity index (χ3v) is 4.38. The molecule has 142 valence electrons. The molecule has 4 rings (SSSR count). The van der Waals surface area contributed by atoms with Gasteiger partial charge in [0.25, 0.3) is 0 Å². The molecule has 0 spiro atoms. The predicted molar refractivity (Wildman–Crippen MR) is 102 cm³/mol. The van der Waals surface area contributed by atoms with Crippen LogP contribution in [-0.4, -0.2) is 13.0 Å². The molecule has 0 bridgehead atoms. The third-order valence-electron chi connectivity index (χ3n) is 4.38. The number of anilines is 2. The lowest BCUT2D eigenvalue weighted by molar-refractivity contribution is -0.274. The Balaban J connectivity index is 1.63. The van der Waals surface area contributed by atoms with E-state index < -0.39 is 12.1 Å².